The van der Waals surface area contributed by atoms with E-state index in [-0.39, 0.29) is 0 Å². The zero-order valence-electron chi connectivity index (χ0n) is 17.9. The second-order valence-electron chi connectivity index (χ2n) is 10.3. The van der Waals surface area contributed by atoms with Crippen molar-refractivity contribution in [2.75, 3.05) is 0 Å². The average Bonchev–Trinajstić information content (AvgIpc) is 3.27. The van der Waals surface area contributed by atoms with Gasteiger partial charge in [-0.3, -0.25) is 0 Å². The summed E-state index contributed by atoms with van der Waals surface area (Å²) in [6.07, 6.45) is 35.5. The third-order valence-corrected chi connectivity index (χ3v) is 8.61. The molecule has 8 atom stereocenters. The summed E-state index contributed by atoms with van der Waals surface area (Å²) >= 11 is 0. The fourth-order valence-corrected chi connectivity index (χ4v) is 7.30. The fraction of sp³-hybridized carbons (Fsp3) is 0.517. The van der Waals surface area contributed by atoms with Gasteiger partial charge in [0.1, 0.15) is 0 Å². The Morgan fingerprint density at radius 1 is 0.621 bits per heavy atom. The molecule has 0 aliphatic heterocycles. The van der Waals surface area contributed by atoms with Crippen molar-refractivity contribution in [3.63, 3.8) is 0 Å². The van der Waals surface area contributed by atoms with Crippen molar-refractivity contribution in [2.45, 2.75) is 39.0 Å². The SMILES string of the molecule is C=C(C)CCC1CC(CCC2C3C=CC=CC3C3C=CC=CC32)C2C=CC=CC12. The fourth-order valence-electron chi connectivity index (χ4n) is 7.30. The topological polar surface area (TPSA) is 0 Å². The van der Waals surface area contributed by atoms with E-state index >= 15 is 0 Å². The number of allylic oxidation sites excluding steroid dienone is 13. The van der Waals surface area contributed by atoms with Crippen LogP contribution in [0.15, 0.2) is 85.1 Å². The average molecular weight is 385 g/mol. The molecule has 0 spiro atoms. The Morgan fingerprint density at radius 3 is 1.59 bits per heavy atom. The van der Waals surface area contributed by atoms with Gasteiger partial charge in [-0.2, -0.15) is 0 Å². The highest BCUT2D eigenvalue weighted by Crippen LogP contribution is 2.55. The number of fused-ring (bicyclic) bond motifs is 4. The Kier molecular flexibility index (Phi) is 5.37. The van der Waals surface area contributed by atoms with E-state index in [0.717, 1.165) is 41.4 Å². The minimum atomic E-state index is 0.716. The summed E-state index contributed by atoms with van der Waals surface area (Å²) in [5.41, 5.74) is 1.35. The summed E-state index contributed by atoms with van der Waals surface area (Å²) in [4.78, 5) is 0. The van der Waals surface area contributed by atoms with Gasteiger partial charge in [0.15, 0.2) is 0 Å². The molecule has 0 saturated heterocycles. The Morgan fingerprint density at radius 2 is 1.07 bits per heavy atom. The van der Waals surface area contributed by atoms with Gasteiger partial charge in [-0.15, -0.1) is 6.58 Å². The van der Waals surface area contributed by atoms with Crippen LogP contribution in [0.1, 0.15) is 39.0 Å². The smallest absolute Gasteiger partial charge is 0.00956 e. The molecule has 5 rings (SSSR count). The number of rotatable bonds is 6. The predicted octanol–water partition coefficient (Wildman–Crippen LogP) is 7.46. The van der Waals surface area contributed by atoms with E-state index in [9.17, 15) is 0 Å². The van der Waals surface area contributed by atoms with E-state index in [1.807, 2.05) is 0 Å². The molecule has 2 fully saturated rings. The lowest BCUT2D eigenvalue weighted by atomic mass is 9.77. The van der Waals surface area contributed by atoms with Crippen LogP contribution < -0.4 is 0 Å². The molecule has 152 valence electrons. The van der Waals surface area contributed by atoms with Crippen molar-refractivity contribution in [2.24, 2.45) is 53.3 Å². The quantitative estimate of drug-likeness (QED) is 0.417. The highest BCUT2D eigenvalue weighted by molar-refractivity contribution is 5.28. The molecule has 0 aromatic rings. The highest BCUT2D eigenvalue weighted by Gasteiger charge is 2.47. The maximum atomic E-state index is 4.15. The van der Waals surface area contributed by atoms with Crippen molar-refractivity contribution in [1.82, 2.24) is 0 Å². The Labute approximate surface area is 177 Å². The molecule has 29 heavy (non-hydrogen) atoms. The van der Waals surface area contributed by atoms with Gasteiger partial charge in [0.05, 0.1) is 0 Å². The van der Waals surface area contributed by atoms with Gasteiger partial charge in [-0.25, -0.2) is 0 Å². The van der Waals surface area contributed by atoms with Gasteiger partial charge >= 0.3 is 0 Å². The monoisotopic (exact) mass is 384 g/mol. The maximum absolute atomic E-state index is 4.15. The van der Waals surface area contributed by atoms with E-state index < -0.39 is 0 Å². The van der Waals surface area contributed by atoms with Gasteiger partial charge in [-0.05, 0) is 92.3 Å². The molecular formula is C29H36. The molecule has 0 heterocycles. The number of hydrogen-bond acceptors (Lipinski definition) is 0. The molecule has 5 aliphatic carbocycles. The standard InChI is InChI=1S/C29H36/c1-20(2)15-16-21-19-22(24-10-4-3-9-23(21)24)17-18-29-27-13-7-5-11-25(27)26-12-6-8-14-28(26)29/h3-14,21-29H,1,15-19H2,2H3. The van der Waals surface area contributed by atoms with Crippen molar-refractivity contribution >= 4 is 0 Å². The van der Waals surface area contributed by atoms with E-state index in [2.05, 4.69) is 86.4 Å². The molecule has 0 radical (unpaired) electrons. The van der Waals surface area contributed by atoms with Crippen LogP contribution in [0, 0.1) is 53.3 Å². The molecule has 0 nitrogen and oxygen atoms in total. The predicted molar refractivity (Wildman–Crippen MR) is 124 cm³/mol. The molecular weight excluding hydrogens is 348 g/mol. The zero-order valence-corrected chi connectivity index (χ0v) is 17.9. The van der Waals surface area contributed by atoms with Crippen LogP contribution in [0.4, 0.5) is 0 Å². The first-order valence-corrected chi connectivity index (χ1v) is 11.9. The van der Waals surface area contributed by atoms with Crippen molar-refractivity contribution in [3.8, 4) is 0 Å². The second kappa shape index (κ2) is 8.13. The normalized spacial score (nSPS) is 43.4. The zero-order chi connectivity index (χ0) is 19.8. The van der Waals surface area contributed by atoms with Crippen LogP contribution in [0.2, 0.25) is 0 Å². The minimum Gasteiger partial charge on any atom is -0.100 e. The van der Waals surface area contributed by atoms with Crippen molar-refractivity contribution in [1.29, 1.82) is 0 Å². The molecule has 0 amide bonds. The Hall–Kier alpha value is -1.82. The second-order valence-corrected chi connectivity index (χ2v) is 10.3. The third-order valence-electron chi connectivity index (χ3n) is 8.61. The van der Waals surface area contributed by atoms with Crippen LogP contribution >= 0.6 is 0 Å². The van der Waals surface area contributed by atoms with E-state index in [4.69, 9.17) is 0 Å². The number of hydrogen-bond donors (Lipinski definition) is 0. The molecule has 2 saturated carbocycles. The first kappa shape index (κ1) is 19.2. The molecule has 0 N–H and O–H groups in total. The lowest BCUT2D eigenvalue weighted by Gasteiger charge is -2.28. The Bertz CT molecular complexity index is 766. The van der Waals surface area contributed by atoms with Crippen molar-refractivity contribution < 1.29 is 0 Å². The first-order chi connectivity index (χ1) is 14.2. The third kappa shape index (κ3) is 3.60. The minimum absolute atomic E-state index is 0.716. The highest BCUT2D eigenvalue weighted by atomic mass is 14.5. The summed E-state index contributed by atoms with van der Waals surface area (Å²) in [5, 5.41) is 0. The lowest BCUT2D eigenvalue weighted by molar-refractivity contribution is 0.291. The van der Waals surface area contributed by atoms with Crippen LogP contribution in [-0.2, 0) is 0 Å². The van der Waals surface area contributed by atoms with E-state index in [1.165, 1.54) is 37.7 Å². The summed E-state index contributed by atoms with van der Waals surface area (Å²) in [7, 11) is 0. The Balaban J connectivity index is 1.28. The maximum Gasteiger partial charge on any atom is -0.00956 e. The molecule has 5 aliphatic rings. The summed E-state index contributed by atoms with van der Waals surface area (Å²) in [5.74, 6) is 6.96. The van der Waals surface area contributed by atoms with Gasteiger partial charge < -0.3 is 0 Å². The van der Waals surface area contributed by atoms with E-state index in [0.29, 0.717) is 11.8 Å². The van der Waals surface area contributed by atoms with Gasteiger partial charge in [0.2, 0.25) is 0 Å². The summed E-state index contributed by atoms with van der Waals surface area (Å²) < 4.78 is 0. The molecule has 0 aromatic carbocycles. The summed E-state index contributed by atoms with van der Waals surface area (Å²) in [6, 6.07) is 0. The molecule has 0 heteroatoms. The van der Waals surface area contributed by atoms with Crippen LogP contribution in [0.3, 0.4) is 0 Å². The lowest BCUT2D eigenvalue weighted by Crippen LogP contribution is -2.19. The molecule has 0 bridgehead atoms. The molecule has 8 unspecified atom stereocenters. The van der Waals surface area contributed by atoms with Gasteiger partial charge in [0.25, 0.3) is 0 Å². The first-order valence-electron chi connectivity index (χ1n) is 11.9. The van der Waals surface area contributed by atoms with E-state index in [1.54, 1.807) is 0 Å². The largest absolute Gasteiger partial charge is 0.100 e. The van der Waals surface area contributed by atoms with Crippen molar-refractivity contribution in [3.05, 3.63) is 85.1 Å². The van der Waals surface area contributed by atoms with Crippen LogP contribution in [0.25, 0.3) is 0 Å². The van der Waals surface area contributed by atoms with Crippen LogP contribution in [-0.4, -0.2) is 0 Å². The van der Waals surface area contributed by atoms with Crippen LogP contribution in [0.5, 0.6) is 0 Å². The van der Waals surface area contributed by atoms with Gasteiger partial charge in [0, 0.05) is 0 Å². The molecule has 0 aromatic heterocycles. The van der Waals surface area contributed by atoms with Gasteiger partial charge in [-0.1, -0.05) is 78.5 Å². The summed E-state index contributed by atoms with van der Waals surface area (Å²) in [6.45, 7) is 6.33.